The Morgan fingerprint density at radius 3 is 1.82 bits per heavy atom. The first-order valence-corrected chi connectivity index (χ1v) is 6.98. The molecule has 0 bridgehead atoms. The fourth-order valence-corrected chi connectivity index (χ4v) is 3.46. The smallest absolute Gasteiger partial charge is 0.00155 e. The molecule has 0 aromatic heterocycles. The molecule has 0 rings (SSSR count). The largest absolute Gasteiger partial charge is 0.328 e. The molecule has 3 N–H and O–H groups in total. The van der Waals surface area contributed by atoms with Crippen molar-refractivity contribution in [2.24, 2.45) is 22.5 Å². The van der Waals surface area contributed by atoms with Gasteiger partial charge in [0.15, 0.2) is 0 Å². The van der Waals surface area contributed by atoms with Gasteiger partial charge in [-0.05, 0) is 56.5 Å². The standard InChI is InChI=1S/C15H34N2/c1-12(9-15(5,6)11-17-7)8-14(3,4)10-13(2)16/h12-13,17H,8-11,16H2,1-7H3. The number of hydrogen-bond acceptors (Lipinski definition) is 2. The Bertz CT molecular complexity index is 207. The fourth-order valence-electron chi connectivity index (χ4n) is 3.46. The van der Waals surface area contributed by atoms with E-state index in [0.29, 0.717) is 16.9 Å². The molecule has 0 saturated carbocycles. The second-order valence-corrected chi connectivity index (χ2v) is 7.55. The van der Waals surface area contributed by atoms with Crippen LogP contribution < -0.4 is 11.1 Å². The summed E-state index contributed by atoms with van der Waals surface area (Å²) >= 11 is 0. The summed E-state index contributed by atoms with van der Waals surface area (Å²) in [5.41, 5.74) is 6.67. The summed E-state index contributed by atoms with van der Waals surface area (Å²) in [5, 5.41) is 3.29. The van der Waals surface area contributed by atoms with Crippen molar-refractivity contribution >= 4 is 0 Å². The van der Waals surface area contributed by atoms with E-state index in [1.165, 1.54) is 12.8 Å². The van der Waals surface area contributed by atoms with Gasteiger partial charge in [-0.1, -0.05) is 34.6 Å². The Morgan fingerprint density at radius 2 is 1.41 bits per heavy atom. The van der Waals surface area contributed by atoms with Crippen LogP contribution in [-0.2, 0) is 0 Å². The zero-order valence-corrected chi connectivity index (χ0v) is 13.1. The molecule has 0 amide bonds. The molecule has 2 atom stereocenters. The van der Waals surface area contributed by atoms with Crippen molar-refractivity contribution in [3.8, 4) is 0 Å². The van der Waals surface area contributed by atoms with Crippen LogP contribution in [0.5, 0.6) is 0 Å². The molecule has 0 fully saturated rings. The maximum absolute atomic E-state index is 5.92. The zero-order chi connectivity index (χ0) is 13.7. The van der Waals surface area contributed by atoms with Gasteiger partial charge in [0.2, 0.25) is 0 Å². The lowest BCUT2D eigenvalue weighted by Gasteiger charge is -2.34. The minimum absolute atomic E-state index is 0.308. The summed E-state index contributed by atoms with van der Waals surface area (Å²) in [7, 11) is 2.03. The van der Waals surface area contributed by atoms with Crippen LogP contribution in [0, 0.1) is 16.7 Å². The highest BCUT2D eigenvalue weighted by molar-refractivity contribution is 4.79. The van der Waals surface area contributed by atoms with E-state index in [4.69, 9.17) is 5.73 Å². The molecular weight excluding hydrogens is 208 g/mol. The van der Waals surface area contributed by atoms with Gasteiger partial charge in [-0.15, -0.1) is 0 Å². The molecule has 0 radical (unpaired) electrons. The van der Waals surface area contributed by atoms with Gasteiger partial charge >= 0.3 is 0 Å². The van der Waals surface area contributed by atoms with Gasteiger partial charge in [-0.3, -0.25) is 0 Å². The fraction of sp³-hybridized carbons (Fsp3) is 1.00. The van der Waals surface area contributed by atoms with E-state index in [9.17, 15) is 0 Å². The summed E-state index contributed by atoms with van der Waals surface area (Å²) < 4.78 is 0. The minimum Gasteiger partial charge on any atom is -0.328 e. The van der Waals surface area contributed by atoms with Gasteiger partial charge < -0.3 is 11.1 Å². The highest BCUT2D eigenvalue weighted by atomic mass is 14.8. The first kappa shape index (κ1) is 16.9. The monoisotopic (exact) mass is 242 g/mol. The first-order valence-electron chi connectivity index (χ1n) is 6.98. The summed E-state index contributed by atoms with van der Waals surface area (Å²) in [6.45, 7) is 15.0. The quantitative estimate of drug-likeness (QED) is 0.684. The lowest BCUT2D eigenvalue weighted by Crippen LogP contribution is -2.31. The normalized spacial score (nSPS) is 16.9. The average Bonchev–Trinajstić information content (AvgIpc) is 1.96. The second-order valence-electron chi connectivity index (χ2n) is 7.55. The number of rotatable bonds is 8. The molecule has 0 aromatic carbocycles. The molecule has 0 heterocycles. The summed E-state index contributed by atoms with van der Waals surface area (Å²) in [6.07, 6.45) is 3.65. The van der Waals surface area contributed by atoms with E-state index in [1.54, 1.807) is 0 Å². The van der Waals surface area contributed by atoms with E-state index in [1.807, 2.05) is 7.05 Å². The van der Waals surface area contributed by atoms with Gasteiger partial charge in [0, 0.05) is 6.04 Å². The highest BCUT2D eigenvalue weighted by Gasteiger charge is 2.26. The number of nitrogens with two attached hydrogens (primary N) is 1. The first-order chi connectivity index (χ1) is 7.58. The maximum Gasteiger partial charge on any atom is 0.00155 e. The van der Waals surface area contributed by atoms with E-state index >= 15 is 0 Å². The Balaban J connectivity index is 4.20. The van der Waals surface area contributed by atoms with Crippen molar-refractivity contribution in [1.29, 1.82) is 0 Å². The Labute approximate surface area is 109 Å². The zero-order valence-electron chi connectivity index (χ0n) is 13.1. The lowest BCUT2D eigenvalue weighted by molar-refractivity contribution is 0.190. The third kappa shape index (κ3) is 8.62. The van der Waals surface area contributed by atoms with Crippen LogP contribution in [0.25, 0.3) is 0 Å². The van der Waals surface area contributed by atoms with Gasteiger partial charge in [-0.2, -0.15) is 0 Å². The van der Waals surface area contributed by atoms with Crippen LogP contribution in [-0.4, -0.2) is 19.6 Å². The highest BCUT2D eigenvalue weighted by Crippen LogP contribution is 2.35. The van der Waals surface area contributed by atoms with E-state index in [-0.39, 0.29) is 0 Å². The minimum atomic E-state index is 0.308. The van der Waals surface area contributed by atoms with Crippen molar-refractivity contribution in [1.82, 2.24) is 5.32 Å². The number of hydrogen-bond donors (Lipinski definition) is 2. The summed E-state index contributed by atoms with van der Waals surface area (Å²) in [6, 6.07) is 0.308. The van der Waals surface area contributed by atoms with Crippen LogP contribution in [0.2, 0.25) is 0 Å². The molecule has 0 aliphatic heterocycles. The molecule has 0 aliphatic carbocycles. The van der Waals surface area contributed by atoms with Crippen molar-refractivity contribution in [2.45, 2.75) is 66.8 Å². The number of nitrogens with one attached hydrogen (secondary N) is 1. The van der Waals surface area contributed by atoms with E-state index in [0.717, 1.165) is 18.9 Å². The third-order valence-electron chi connectivity index (χ3n) is 3.33. The van der Waals surface area contributed by atoms with Gasteiger partial charge in [0.25, 0.3) is 0 Å². The van der Waals surface area contributed by atoms with Crippen molar-refractivity contribution in [2.75, 3.05) is 13.6 Å². The molecule has 0 saturated heterocycles. The maximum atomic E-state index is 5.92. The SMILES string of the molecule is CNCC(C)(C)CC(C)CC(C)(C)CC(C)N. The Hall–Kier alpha value is -0.0800. The molecule has 0 spiro atoms. The van der Waals surface area contributed by atoms with Crippen LogP contribution in [0.3, 0.4) is 0 Å². The molecular formula is C15H34N2. The van der Waals surface area contributed by atoms with Crippen LogP contribution in [0.4, 0.5) is 0 Å². The van der Waals surface area contributed by atoms with Crippen LogP contribution >= 0.6 is 0 Å². The topological polar surface area (TPSA) is 38.0 Å². The van der Waals surface area contributed by atoms with Crippen LogP contribution in [0.15, 0.2) is 0 Å². The summed E-state index contributed by atoms with van der Waals surface area (Å²) in [4.78, 5) is 0. The van der Waals surface area contributed by atoms with Gasteiger partial charge in [0.1, 0.15) is 0 Å². The molecule has 17 heavy (non-hydrogen) atoms. The van der Waals surface area contributed by atoms with Gasteiger partial charge in [0.05, 0.1) is 0 Å². The molecule has 104 valence electrons. The van der Waals surface area contributed by atoms with Crippen molar-refractivity contribution in [3.05, 3.63) is 0 Å². The summed E-state index contributed by atoms with van der Waals surface area (Å²) in [5.74, 6) is 0.757. The Kier molecular flexibility index (Phi) is 6.71. The molecule has 0 aromatic rings. The van der Waals surface area contributed by atoms with Crippen LogP contribution in [0.1, 0.15) is 60.8 Å². The lowest BCUT2D eigenvalue weighted by atomic mass is 9.74. The molecule has 2 heteroatoms. The molecule has 2 unspecified atom stereocenters. The third-order valence-corrected chi connectivity index (χ3v) is 3.33. The predicted octanol–water partition coefficient (Wildman–Crippen LogP) is 3.41. The predicted molar refractivity (Wildman–Crippen MR) is 78.2 cm³/mol. The van der Waals surface area contributed by atoms with Crippen molar-refractivity contribution in [3.63, 3.8) is 0 Å². The van der Waals surface area contributed by atoms with Crippen molar-refractivity contribution < 1.29 is 0 Å². The van der Waals surface area contributed by atoms with E-state index in [2.05, 4.69) is 46.9 Å². The molecule has 0 aliphatic rings. The van der Waals surface area contributed by atoms with E-state index < -0.39 is 0 Å². The van der Waals surface area contributed by atoms with Gasteiger partial charge in [-0.25, -0.2) is 0 Å². The Morgan fingerprint density at radius 1 is 0.941 bits per heavy atom. The second kappa shape index (κ2) is 6.75. The average molecular weight is 242 g/mol. The molecule has 2 nitrogen and oxygen atoms in total.